The fraction of sp³-hybridized carbons (Fsp3) is 0.933. The van der Waals surface area contributed by atoms with Crippen molar-refractivity contribution >= 4 is 5.91 Å². The minimum atomic E-state index is 0.142. The molecule has 19 heavy (non-hydrogen) atoms. The van der Waals surface area contributed by atoms with Gasteiger partial charge in [0, 0.05) is 31.6 Å². The van der Waals surface area contributed by atoms with Crippen LogP contribution < -0.4 is 5.73 Å². The fourth-order valence-electron chi connectivity index (χ4n) is 4.09. The summed E-state index contributed by atoms with van der Waals surface area (Å²) in [5.41, 5.74) is 6.03. The number of amides is 1. The summed E-state index contributed by atoms with van der Waals surface area (Å²) < 4.78 is 0. The molecule has 0 aromatic carbocycles. The Morgan fingerprint density at radius 2 is 2.11 bits per heavy atom. The van der Waals surface area contributed by atoms with Gasteiger partial charge < -0.3 is 10.6 Å². The molecule has 0 aromatic rings. The minimum absolute atomic E-state index is 0.142. The fourth-order valence-corrected chi connectivity index (χ4v) is 4.09. The lowest BCUT2D eigenvalue weighted by molar-refractivity contribution is -0.140. The Balaban J connectivity index is 1.62. The van der Waals surface area contributed by atoms with E-state index in [0.29, 0.717) is 31.0 Å². The topological polar surface area (TPSA) is 49.6 Å². The van der Waals surface area contributed by atoms with Crippen LogP contribution in [0.1, 0.15) is 45.4 Å². The normalized spacial score (nSPS) is 33.9. The van der Waals surface area contributed by atoms with Crippen molar-refractivity contribution in [3.63, 3.8) is 0 Å². The number of rotatable bonds is 3. The highest BCUT2D eigenvalue weighted by Gasteiger charge is 2.42. The standard InChI is InChI=1S/C15H27N3O/c1-12-9-17-7-2-4-13(17)10-18(12)14(19)8-15(11-16)5-3-6-15/h12-13H,2-11,16H2,1H3. The van der Waals surface area contributed by atoms with Crippen LogP contribution in [0.5, 0.6) is 0 Å². The van der Waals surface area contributed by atoms with Crippen molar-refractivity contribution in [1.29, 1.82) is 0 Å². The Labute approximate surface area is 116 Å². The molecule has 2 saturated heterocycles. The highest BCUT2D eigenvalue weighted by Crippen LogP contribution is 2.43. The van der Waals surface area contributed by atoms with Crippen molar-refractivity contribution in [2.45, 2.75) is 57.5 Å². The lowest BCUT2D eigenvalue weighted by atomic mass is 9.66. The van der Waals surface area contributed by atoms with Crippen LogP contribution in [-0.4, -0.2) is 54.0 Å². The van der Waals surface area contributed by atoms with Gasteiger partial charge in [-0.25, -0.2) is 0 Å². The molecule has 108 valence electrons. The molecule has 0 spiro atoms. The lowest BCUT2D eigenvalue weighted by Gasteiger charge is -2.46. The second-order valence-corrected chi connectivity index (χ2v) is 6.92. The van der Waals surface area contributed by atoms with E-state index in [0.717, 1.165) is 25.9 Å². The molecular formula is C15H27N3O. The van der Waals surface area contributed by atoms with E-state index in [9.17, 15) is 4.79 Å². The van der Waals surface area contributed by atoms with Crippen molar-refractivity contribution in [3.8, 4) is 0 Å². The summed E-state index contributed by atoms with van der Waals surface area (Å²) in [6.45, 7) is 6.11. The number of carbonyl (C=O) groups excluding carboxylic acids is 1. The maximum atomic E-state index is 12.6. The molecule has 0 aromatic heterocycles. The van der Waals surface area contributed by atoms with Gasteiger partial charge in [0.25, 0.3) is 0 Å². The van der Waals surface area contributed by atoms with E-state index in [1.165, 1.54) is 25.8 Å². The number of carbonyl (C=O) groups is 1. The van der Waals surface area contributed by atoms with E-state index in [1.807, 2.05) is 0 Å². The third-order valence-electron chi connectivity index (χ3n) is 5.63. The molecule has 1 saturated carbocycles. The molecule has 2 aliphatic heterocycles. The maximum Gasteiger partial charge on any atom is 0.223 e. The summed E-state index contributed by atoms with van der Waals surface area (Å²) in [5, 5.41) is 0. The van der Waals surface area contributed by atoms with Gasteiger partial charge in [-0.05, 0) is 51.1 Å². The number of nitrogens with zero attached hydrogens (tertiary/aromatic N) is 2. The molecular weight excluding hydrogens is 238 g/mol. The number of fused-ring (bicyclic) bond motifs is 1. The van der Waals surface area contributed by atoms with E-state index >= 15 is 0 Å². The first kappa shape index (κ1) is 13.4. The second-order valence-electron chi connectivity index (χ2n) is 6.92. The molecule has 0 bridgehead atoms. The summed E-state index contributed by atoms with van der Waals surface area (Å²) in [6, 6.07) is 0.993. The van der Waals surface area contributed by atoms with Crippen molar-refractivity contribution in [3.05, 3.63) is 0 Å². The van der Waals surface area contributed by atoms with Gasteiger partial charge >= 0.3 is 0 Å². The number of hydrogen-bond donors (Lipinski definition) is 1. The molecule has 3 fully saturated rings. The molecule has 2 unspecified atom stereocenters. The third kappa shape index (κ3) is 2.40. The van der Waals surface area contributed by atoms with Crippen LogP contribution in [0.2, 0.25) is 0 Å². The monoisotopic (exact) mass is 265 g/mol. The molecule has 0 radical (unpaired) electrons. The first-order valence-corrected chi connectivity index (χ1v) is 7.87. The van der Waals surface area contributed by atoms with Crippen LogP contribution in [-0.2, 0) is 4.79 Å². The Bertz CT molecular complexity index is 348. The molecule has 1 amide bonds. The van der Waals surface area contributed by atoms with Gasteiger partial charge in [0.1, 0.15) is 0 Å². The first-order chi connectivity index (χ1) is 9.13. The minimum Gasteiger partial charge on any atom is -0.337 e. The average molecular weight is 265 g/mol. The van der Waals surface area contributed by atoms with Crippen molar-refractivity contribution < 1.29 is 4.79 Å². The SMILES string of the molecule is CC1CN2CCCC2CN1C(=O)CC1(CN)CCC1. The maximum absolute atomic E-state index is 12.6. The van der Waals surface area contributed by atoms with Gasteiger partial charge in [0.15, 0.2) is 0 Å². The van der Waals surface area contributed by atoms with Gasteiger partial charge in [0.05, 0.1) is 0 Å². The summed E-state index contributed by atoms with van der Waals surface area (Å²) >= 11 is 0. The van der Waals surface area contributed by atoms with Gasteiger partial charge in [-0.2, -0.15) is 0 Å². The highest BCUT2D eigenvalue weighted by molar-refractivity contribution is 5.77. The smallest absolute Gasteiger partial charge is 0.223 e. The zero-order chi connectivity index (χ0) is 13.5. The van der Waals surface area contributed by atoms with E-state index in [2.05, 4.69) is 16.7 Å². The van der Waals surface area contributed by atoms with E-state index in [-0.39, 0.29) is 5.41 Å². The van der Waals surface area contributed by atoms with Gasteiger partial charge in [0.2, 0.25) is 5.91 Å². The average Bonchev–Trinajstić information content (AvgIpc) is 2.79. The molecule has 2 heterocycles. The van der Waals surface area contributed by atoms with Crippen LogP contribution >= 0.6 is 0 Å². The summed E-state index contributed by atoms with van der Waals surface area (Å²) in [4.78, 5) is 17.3. The molecule has 4 heteroatoms. The Morgan fingerprint density at radius 3 is 2.74 bits per heavy atom. The lowest BCUT2D eigenvalue weighted by Crippen LogP contribution is -2.57. The van der Waals surface area contributed by atoms with Crippen LogP contribution in [0.4, 0.5) is 0 Å². The highest BCUT2D eigenvalue weighted by atomic mass is 16.2. The largest absolute Gasteiger partial charge is 0.337 e. The predicted molar refractivity (Wildman–Crippen MR) is 75.7 cm³/mol. The Kier molecular flexibility index (Phi) is 3.56. The predicted octanol–water partition coefficient (Wildman–Crippen LogP) is 1.20. The summed E-state index contributed by atoms with van der Waals surface area (Å²) in [5.74, 6) is 0.351. The number of hydrogen-bond acceptors (Lipinski definition) is 3. The number of piperazine rings is 1. The van der Waals surface area contributed by atoms with Crippen LogP contribution in [0.25, 0.3) is 0 Å². The third-order valence-corrected chi connectivity index (χ3v) is 5.63. The first-order valence-electron chi connectivity index (χ1n) is 7.87. The van der Waals surface area contributed by atoms with E-state index < -0.39 is 0 Å². The van der Waals surface area contributed by atoms with Crippen molar-refractivity contribution in [2.75, 3.05) is 26.2 Å². The van der Waals surface area contributed by atoms with Crippen molar-refractivity contribution in [2.24, 2.45) is 11.1 Å². The van der Waals surface area contributed by atoms with Gasteiger partial charge in [-0.15, -0.1) is 0 Å². The number of nitrogens with two attached hydrogens (primary N) is 1. The summed E-state index contributed by atoms with van der Waals surface area (Å²) in [6.07, 6.45) is 6.78. The molecule has 1 aliphatic carbocycles. The van der Waals surface area contributed by atoms with Gasteiger partial charge in [-0.3, -0.25) is 9.69 Å². The zero-order valence-electron chi connectivity index (χ0n) is 12.1. The van der Waals surface area contributed by atoms with E-state index in [1.54, 1.807) is 0 Å². The van der Waals surface area contributed by atoms with Crippen LogP contribution in [0, 0.1) is 5.41 Å². The molecule has 2 N–H and O–H groups in total. The van der Waals surface area contributed by atoms with Crippen molar-refractivity contribution in [1.82, 2.24) is 9.80 Å². The molecule has 3 aliphatic rings. The Morgan fingerprint density at radius 1 is 1.32 bits per heavy atom. The van der Waals surface area contributed by atoms with Crippen LogP contribution in [0.15, 0.2) is 0 Å². The van der Waals surface area contributed by atoms with Gasteiger partial charge in [-0.1, -0.05) is 6.42 Å². The van der Waals surface area contributed by atoms with E-state index in [4.69, 9.17) is 5.73 Å². The summed E-state index contributed by atoms with van der Waals surface area (Å²) in [7, 11) is 0. The zero-order valence-corrected chi connectivity index (χ0v) is 12.1. The van der Waals surface area contributed by atoms with Crippen LogP contribution in [0.3, 0.4) is 0 Å². The second kappa shape index (κ2) is 5.06. The molecule has 4 nitrogen and oxygen atoms in total. The quantitative estimate of drug-likeness (QED) is 0.834. The molecule has 2 atom stereocenters. The molecule has 3 rings (SSSR count). The Hall–Kier alpha value is -0.610.